The molecule has 110 valence electrons. The van der Waals surface area contributed by atoms with Gasteiger partial charge in [-0.05, 0) is 42.0 Å². The number of rotatable bonds is 4. The Hall–Kier alpha value is -1.78. The van der Waals surface area contributed by atoms with Gasteiger partial charge in [0.25, 0.3) is 0 Å². The molecular weight excluding hydrogens is 316 g/mol. The lowest BCUT2D eigenvalue weighted by molar-refractivity contribution is 0.0602. The maximum Gasteiger partial charge on any atom is 0.340 e. The van der Waals surface area contributed by atoms with Crippen LogP contribution in [0.2, 0.25) is 10.0 Å². The Morgan fingerprint density at radius 2 is 1.95 bits per heavy atom. The second-order valence-corrected chi connectivity index (χ2v) is 5.19. The molecule has 21 heavy (non-hydrogen) atoms. The van der Waals surface area contributed by atoms with E-state index in [4.69, 9.17) is 27.9 Å². The quantitative estimate of drug-likeness (QED) is 0.838. The molecule has 0 aliphatic rings. The fourth-order valence-corrected chi connectivity index (χ4v) is 2.28. The van der Waals surface area contributed by atoms with Gasteiger partial charge >= 0.3 is 5.97 Å². The molecule has 0 heterocycles. The Bertz CT molecular complexity index is 656. The normalized spacial score (nSPS) is 10.3. The van der Waals surface area contributed by atoms with E-state index in [1.807, 2.05) is 0 Å². The van der Waals surface area contributed by atoms with Gasteiger partial charge < -0.3 is 10.1 Å². The van der Waals surface area contributed by atoms with Crippen molar-refractivity contribution in [3.63, 3.8) is 0 Å². The summed E-state index contributed by atoms with van der Waals surface area (Å²) in [6.45, 7) is 0.309. The molecule has 1 N–H and O–H groups in total. The van der Waals surface area contributed by atoms with E-state index in [-0.39, 0.29) is 0 Å². The zero-order chi connectivity index (χ0) is 15.4. The van der Waals surface area contributed by atoms with Gasteiger partial charge in [-0.3, -0.25) is 0 Å². The average molecular weight is 328 g/mol. The van der Waals surface area contributed by atoms with Gasteiger partial charge in [-0.15, -0.1) is 0 Å². The molecule has 0 fully saturated rings. The van der Waals surface area contributed by atoms with Gasteiger partial charge in [0.05, 0.1) is 12.7 Å². The van der Waals surface area contributed by atoms with E-state index in [0.717, 1.165) is 0 Å². The number of esters is 1. The summed E-state index contributed by atoms with van der Waals surface area (Å²) in [6, 6.07) is 9.06. The number of carbonyl (C=O) groups is 1. The summed E-state index contributed by atoms with van der Waals surface area (Å²) in [7, 11) is 1.29. The van der Waals surface area contributed by atoms with Gasteiger partial charge in [-0.25, -0.2) is 9.18 Å². The van der Waals surface area contributed by atoms with Crippen molar-refractivity contribution < 1.29 is 13.9 Å². The predicted octanol–water partition coefficient (Wildman–Crippen LogP) is 4.53. The van der Waals surface area contributed by atoms with Crippen molar-refractivity contribution in [3.8, 4) is 0 Å². The van der Waals surface area contributed by atoms with E-state index in [1.165, 1.54) is 25.3 Å². The molecule has 0 aromatic heterocycles. The minimum atomic E-state index is -0.503. The fourth-order valence-electron chi connectivity index (χ4n) is 1.86. The second-order valence-electron chi connectivity index (χ2n) is 4.31. The maximum absolute atomic E-state index is 13.3. The second kappa shape index (κ2) is 6.78. The highest BCUT2D eigenvalue weighted by Gasteiger charge is 2.12. The zero-order valence-corrected chi connectivity index (χ0v) is 12.6. The highest BCUT2D eigenvalue weighted by molar-refractivity contribution is 6.31. The molecule has 0 amide bonds. The van der Waals surface area contributed by atoms with Gasteiger partial charge in [-0.2, -0.15) is 0 Å². The van der Waals surface area contributed by atoms with Gasteiger partial charge in [0, 0.05) is 22.3 Å². The number of benzene rings is 2. The van der Waals surface area contributed by atoms with Crippen molar-refractivity contribution in [2.75, 3.05) is 12.4 Å². The summed E-state index contributed by atoms with van der Waals surface area (Å²) in [5, 5.41) is 3.78. The summed E-state index contributed by atoms with van der Waals surface area (Å²) in [5.41, 5.74) is 1.52. The SMILES string of the molecule is COC(=O)c1cc(Cl)ccc1NCc1cc(F)cc(Cl)c1. The van der Waals surface area contributed by atoms with Gasteiger partial charge in [0.15, 0.2) is 0 Å². The molecule has 2 aromatic rings. The van der Waals surface area contributed by atoms with E-state index >= 15 is 0 Å². The molecule has 6 heteroatoms. The van der Waals surface area contributed by atoms with E-state index in [2.05, 4.69) is 5.32 Å². The lowest BCUT2D eigenvalue weighted by Gasteiger charge is -2.11. The molecule has 0 aliphatic heterocycles. The van der Waals surface area contributed by atoms with E-state index in [0.29, 0.717) is 33.4 Å². The fraction of sp³-hybridized carbons (Fsp3) is 0.133. The van der Waals surface area contributed by atoms with Crippen LogP contribution in [0.5, 0.6) is 0 Å². The Balaban J connectivity index is 2.21. The van der Waals surface area contributed by atoms with Crippen molar-refractivity contribution in [1.29, 1.82) is 0 Å². The minimum absolute atomic E-state index is 0.309. The summed E-state index contributed by atoms with van der Waals surface area (Å²) in [6.07, 6.45) is 0. The van der Waals surface area contributed by atoms with Crippen molar-refractivity contribution in [3.05, 3.63) is 63.4 Å². The smallest absolute Gasteiger partial charge is 0.340 e. The molecule has 2 aromatic carbocycles. The number of nitrogens with one attached hydrogen (secondary N) is 1. The first kappa shape index (κ1) is 15.6. The standard InChI is InChI=1S/C15H12Cl2FNO2/c1-21-15(20)13-7-10(16)2-3-14(13)19-8-9-4-11(17)6-12(18)5-9/h2-7,19H,8H2,1H3. The Kier molecular flexibility index (Phi) is 5.04. The summed E-state index contributed by atoms with van der Waals surface area (Å²) < 4.78 is 18.0. The molecule has 0 bridgehead atoms. The molecule has 3 nitrogen and oxygen atoms in total. The summed E-state index contributed by atoms with van der Waals surface area (Å²) in [5.74, 6) is -0.916. The largest absolute Gasteiger partial charge is 0.465 e. The van der Waals surface area contributed by atoms with Crippen LogP contribution in [0.15, 0.2) is 36.4 Å². The van der Waals surface area contributed by atoms with Gasteiger partial charge in [-0.1, -0.05) is 23.2 Å². The molecule has 0 radical (unpaired) electrons. The topological polar surface area (TPSA) is 38.3 Å². The van der Waals surface area contributed by atoms with Crippen molar-refractivity contribution >= 4 is 34.9 Å². The monoisotopic (exact) mass is 327 g/mol. The van der Waals surface area contributed by atoms with Crippen LogP contribution in [-0.4, -0.2) is 13.1 Å². The molecular formula is C15H12Cl2FNO2. The van der Waals surface area contributed by atoms with Crippen LogP contribution in [0.1, 0.15) is 15.9 Å². The minimum Gasteiger partial charge on any atom is -0.465 e. The first-order valence-corrected chi connectivity index (χ1v) is 6.82. The van der Waals surface area contributed by atoms with E-state index in [9.17, 15) is 9.18 Å². The highest BCUT2D eigenvalue weighted by Crippen LogP contribution is 2.23. The number of halogens is 3. The first-order chi connectivity index (χ1) is 9.99. The van der Waals surface area contributed by atoms with Crippen LogP contribution in [-0.2, 0) is 11.3 Å². The molecule has 0 unspecified atom stereocenters. The third kappa shape index (κ3) is 4.09. The van der Waals surface area contributed by atoms with Crippen LogP contribution in [0.3, 0.4) is 0 Å². The zero-order valence-electron chi connectivity index (χ0n) is 11.1. The Labute approximate surface area is 131 Å². The number of hydrogen-bond donors (Lipinski definition) is 1. The first-order valence-electron chi connectivity index (χ1n) is 6.06. The van der Waals surface area contributed by atoms with E-state index < -0.39 is 11.8 Å². The van der Waals surface area contributed by atoms with Gasteiger partial charge in [0.1, 0.15) is 5.82 Å². The van der Waals surface area contributed by atoms with Crippen molar-refractivity contribution in [2.24, 2.45) is 0 Å². The average Bonchev–Trinajstić information content (AvgIpc) is 2.44. The molecule has 0 atom stereocenters. The van der Waals surface area contributed by atoms with Crippen LogP contribution in [0.25, 0.3) is 0 Å². The summed E-state index contributed by atoms with van der Waals surface area (Å²) >= 11 is 11.7. The third-order valence-electron chi connectivity index (χ3n) is 2.79. The molecule has 0 saturated carbocycles. The Morgan fingerprint density at radius 1 is 1.19 bits per heavy atom. The van der Waals surface area contributed by atoms with Crippen molar-refractivity contribution in [1.82, 2.24) is 0 Å². The van der Waals surface area contributed by atoms with Crippen LogP contribution in [0.4, 0.5) is 10.1 Å². The predicted molar refractivity (Wildman–Crippen MR) is 81.5 cm³/mol. The van der Waals surface area contributed by atoms with Gasteiger partial charge in [0.2, 0.25) is 0 Å². The molecule has 2 rings (SSSR count). The number of hydrogen-bond acceptors (Lipinski definition) is 3. The molecule has 0 saturated heterocycles. The number of anilines is 1. The van der Waals surface area contributed by atoms with Crippen LogP contribution < -0.4 is 5.32 Å². The molecule has 0 aliphatic carbocycles. The summed E-state index contributed by atoms with van der Waals surface area (Å²) in [4.78, 5) is 11.7. The Morgan fingerprint density at radius 3 is 2.62 bits per heavy atom. The third-order valence-corrected chi connectivity index (χ3v) is 3.25. The van der Waals surface area contributed by atoms with E-state index in [1.54, 1.807) is 18.2 Å². The number of ether oxygens (including phenoxy) is 1. The van der Waals surface area contributed by atoms with Crippen LogP contribution in [0, 0.1) is 5.82 Å². The lowest BCUT2D eigenvalue weighted by atomic mass is 10.1. The van der Waals surface area contributed by atoms with Crippen molar-refractivity contribution in [2.45, 2.75) is 6.54 Å². The lowest BCUT2D eigenvalue weighted by Crippen LogP contribution is -2.08. The van der Waals surface area contributed by atoms with Crippen LogP contribution >= 0.6 is 23.2 Å². The maximum atomic E-state index is 13.3. The number of methoxy groups -OCH3 is 1. The number of carbonyl (C=O) groups excluding carboxylic acids is 1. The molecule has 0 spiro atoms. The highest BCUT2D eigenvalue weighted by atomic mass is 35.5.